The van der Waals surface area contributed by atoms with E-state index >= 15 is 0 Å². The number of hydrogen-bond acceptors (Lipinski definition) is 4. The van der Waals surface area contributed by atoms with E-state index in [0.29, 0.717) is 12.2 Å². The quantitative estimate of drug-likeness (QED) is 0.482. The number of amides is 2. The lowest BCUT2D eigenvalue weighted by atomic mass is 9.97. The molecular formula is C25H28BrN3O2S. The van der Waals surface area contributed by atoms with Gasteiger partial charge in [0.1, 0.15) is 6.54 Å². The summed E-state index contributed by atoms with van der Waals surface area (Å²) in [4.78, 5) is 33.4. The first-order valence-electron chi connectivity index (χ1n) is 11.1. The smallest absolute Gasteiger partial charge is 0.240 e. The molecule has 168 valence electrons. The third-order valence-corrected chi connectivity index (χ3v) is 7.74. The maximum Gasteiger partial charge on any atom is 0.240 e. The van der Waals surface area contributed by atoms with Crippen LogP contribution < -0.4 is 10.2 Å². The summed E-state index contributed by atoms with van der Waals surface area (Å²) < 4.78 is 0.997. The van der Waals surface area contributed by atoms with E-state index in [-0.39, 0.29) is 24.8 Å². The third-order valence-electron chi connectivity index (χ3n) is 6.07. The first-order chi connectivity index (χ1) is 15.4. The zero-order valence-electron chi connectivity index (χ0n) is 18.5. The molecule has 2 aromatic rings. The zero-order valence-corrected chi connectivity index (χ0v) is 20.9. The molecule has 7 heteroatoms. The van der Waals surface area contributed by atoms with Crippen molar-refractivity contribution < 1.29 is 9.59 Å². The first kappa shape index (κ1) is 22.9. The molecule has 4 rings (SSSR count). The summed E-state index contributed by atoms with van der Waals surface area (Å²) in [5.74, 6) is -0.248. The van der Waals surface area contributed by atoms with Crippen LogP contribution in [0.4, 0.5) is 11.4 Å². The lowest BCUT2D eigenvalue weighted by Gasteiger charge is -2.23. The number of thiophene rings is 1. The molecule has 0 unspecified atom stereocenters. The van der Waals surface area contributed by atoms with Gasteiger partial charge in [-0.3, -0.25) is 9.59 Å². The van der Waals surface area contributed by atoms with Crippen LogP contribution in [-0.4, -0.2) is 30.6 Å². The van der Waals surface area contributed by atoms with Gasteiger partial charge < -0.3 is 10.2 Å². The Morgan fingerprint density at radius 2 is 2.03 bits per heavy atom. The molecule has 0 atom stereocenters. The highest BCUT2D eigenvalue weighted by Crippen LogP contribution is 2.36. The number of fused-ring (bicyclic) bond motifs is 1. The van der Waals surface area contributed by atoms with Crippen molar-refractivity contribution in [1.82, 2.24) is 5.32 Å². The molecule has 32 heavy (non-hydrogen) atoms. The standard InChI is InChI=1S/C25H28BrN3O2S/c1-16-12-19-21(13-17(16)2)29(15-24(30)27-11-10-18-6-4-3-5-7-18)25(31)14-20(28-19)22-8-9-23(26)32-22/h6,8-9,12-13H,3-5,7,10-11,14-15H2,1-2H3,(H,27,30). The SMILES string of the molecule is Cc1cc2c(cc1C)N(CC(=O)NCCC1=CCCCC1)C(=O)CC(c1ccc(Br)s1)=N2. The first-order valence-corrected chi connectivity index (χ1v) is 12.7. The number of carbonyl (C=O) groups is 2. The Morgan fingerprint density at radius 3 is 2.75 bits per heavy atom. The molecule has 2 aliphatic rings. The topological polar surface area (TPSA) is 61.8 Å². The van der Waals surface area contributed by atoms with Crippen LogP contribution in [0.5, 0.6) is 0 Å². The summed E-state index contributed by atoms with van der Waals surface area (Å²) in [5.41, 5.74) is 5.79. The Kier molecular flexibility index (Phi) is 7.26. The Bertz CT molecular complexity index is 1100. The number of aliphatic imine (C=N–C) groups is 1. The van der Waals surface area contributed by atoms with Crippen LogP contribution >= 0.6 is 27.3 Å². The van der Waals surface area contributed by atoms with Crippen LogP contribution in [0.25, 0.3) is 0 Å². The van der Waals surface area contributed by atoms with E-state index in [1.165, 1.54) is 18.4 Å². The van der Waals surface area contributed by atoms with Crippen LogP contribution in [0.15, 0.2) is 44.7 Å². The minimum atomic E-state index is -0.138. The molecule has 0 saturated heterocycles. The summed E-state index contributed by atoms with van der Waals surface area (Å²) in [6.45, 7) is 4.67. The van der Waals surface area contributed by atoms with Crippen molar-refractivity contribution in [1.29, 1.82) is 0 Å². The molecule has 0 spiro atoms. The average molecular weight is 514 g/mol. The normalized spacial score (nSPS) is 16.2. The number of halogens is 1. The molecule has 1 aromatic carbocycles. The maximum atomic E-state index is 13.3. The fraction of sp³-hybridized carbons (Fsp3) is 0.400. The molecule has 0 fully saturated rings. The Balaban J connectivity index is 1.53. The highest BCUT2D eigenvalue weighted by molar-refractivity contribution is 9.11. The van der Waals surface area contributed by atoms with Gasteiger partial charge in [0.25, 0.3) is 0 Å². The van der Waals surface area contributed by atoms with Crippen LogP contribution in [0.2, 0.25) is 0 Å². The fourth-order valence-corrected chi connectivity index (χ4v) is 5.50. The molecule has 1 aliphatic heterocycles. The Labute approximate surface area is 201 Å². The van der Waals surface area contributed by atoms with Gasteiger partial charge in [-0.05, 0) is 97.3 Å². The highest BCUT2D eigenvalue weighted by Gasteiger charge is 2.27. The van der Waals surface area contributed by atoms with Gasteiger partial charge in [-0.2, -0.15) is 0 Å². The van der Waals surface area contributed by atoms with Crippen molar-refractivity contribution in [3.63, 3.8) is 0 Å². The average Bonchev–Trinajstić information content (AvgIpc) is 3.16. The zero-order chi connectivity index (χ0) is 22.7. The molecule has 1 aliphatic carbocycles. The summed E-state index contributed by atoms with van der Waals surface area (Å²) >= 11 is 5.05. The number of aryl methyl sites for hydroxylation is 2. The fourth-order valence-electron chi connectivity index (χ4n) is 4.13. The van der Waals surface area contributed by atoms with E-state index < -0.39 is 0 Å². The summed E-state index contributed by atoms with van der Waals surface area (Å²) in [5, 5.41) is 3.01. The van der Waals surface area contributed by atoms with E-state index in [0.717, 1.165) is 50.5 Å². The minimum absolute atomic E-state index is 0.00428. The van der Waals surface area contributed by atoms with Gasteiger partial charge in [0.15, 0.2) is 0 Å². The van der Waals surface area contributed by atoms with Crippen molar-refractivity contribution in [3.8, 4) is 0 Å². The van der Waals surface area contributed by atoms with Gasteiger partial charge in [0, 0.05) is 6.54 Å². The molecular weight excluding hydrogens is 486 g/mol. The molecule has 2 heterocycles. The number of nitrogens with zero attached hydrogens (tertiary/aromatic N) is 2. The molecule has 1 N–H and O–H groups in total. The lowest BCUT2D eigenvalue weighted by molar-refractivity contribution is -0.123. The van der Waals surface area contributed by atoms with Crippen LogP contribution in [0.3, 0.4) is 0 Å². The van der Waals surface area contributed by atoms with Gasteiger partial charge in [-0.1, -0.05) is 11.6 Å². The van der Waals surface area contributed by atoms with Gasteiger partial charge >= 0.3 is 0 Å². The second kappa shape index (κ2) is 10.1. The number of rotatable bonds is 6. The van der Waals surface area contributed by atoms with E-state index in [9.17, 15) is 9.59 Å². The van der Waals surface area contributed by atoms with Crippen molar-refractivity contribution in [2.75, 3.05) is 18.0 Å². The molecule has 0 radical (unpaired) electrons. The van der Waals surface area contributed by atoms with Crippen LogP contribution in [-0.2, 0) is 9.59 Å². The largest absolute Gasteiger partial charge is 0.354 e. The summed E-state index contributed by atoms with van der Waals surface area (Å²) in [6.07, 6.45) is 8.13. The van der Waals surface area contributed by atoms with E-state index in [1.807, 2.05) is 38.1 Å². The number of hydrogen-bond donors (Lipinski definition) is 1. The number of anilines is 1. The second-order valence-corrected chi connectivity index (χ2v) is 10.9. The third kappa shape index (κ3) is 5.38. The predicted octanol–water partition coefficient (Wildman–Crippen LogP) is 5.99. The molecule has 0 saturated carbocycles. The second-order valence-electron chi connectivity index (χ2n) is 8.45. The monoisotopic (exact) mass is 513 g/mol. The van der Waals surface area contributed by atoms with Gasteiger partial charge in [-0.15, -0.1) is 11.3 Å². The number of allylic oxidation sites excluding steroid dienone is 1. The molecule has 2 amide bonds. The predicted molar refractivity (Wildman–Crippen MR) is 135 cm³/mol. The van der Waals surface area contributed by atoms with Crippen molar-refractivity contribution in [2.24, 2.45) is 4.99 Å². The van der Waals surface area contributed by atoms with Gasteiger partial charge in [0.05, 0.1) is 32.2 Å². The molecule has 0 bridgehead atoms. The van der Waals surface area contributed by atoms with E-state index in [2.05, 4.69) is 27.3 Å². The highest BCUT2D eigenvalue weighted by atomic mass is 79.9. The Morgan fingerprint density at radius 1 is 1.22 bits per heavy atom. The molecule has 1 aromatic heterocycles. The lowest BCUT2D eigenvalue weighted by Crippen LogP contribution is -2.41. The number of benzene rings is 1. The molecule has 5 nitrogen and oxygen atoms in total. The minimum Gasteiger partial charge on any atom is -0.354 e. The van der Waals surface area contributed by atoms with E-state index in [4.69, 9.17) is 4.99 Å². The summed E-state index contributed by atoms with van der Waals surface area (Å²) in [6, 6.07) is 7.92. The number of nitrogens with one attached hydrogen (secondary N) is 1. The van der Waals surface area contributed by atoms with Gasteiger partial charge in [-0.25, -0.2) is 4.99 Å². The Hall–Kier alpha value is -2.25. The van der Waals surface area contributed by atoms with Crippen molar-refractivity contribution in [2.45, 2.75) is 52.4 Å². The van der Waals surface area contributed by atoms with Crippen LogP contribution in [0, 0.1) is 13.8 Å². The van der Waals surface area contributed by atoms with Gasteiger partial charge in [0.2, 0.25) is 11.8 Å². The van der Waals surface area contributed by atoms with E-state index in [1.54, 1.807) is 16.2 Å². The van der Waals surface area contributed by atoms with Crippen LogP contribution in [0.1, 0.15) is 54.5 Å². The summed E-state index contributed by atoms with van der Waals surface area (Å²) in [7, 11) is 0. The van der Waals surface area contributed by atoms with Crippen molar-refractivity contribution >= 4 is 56.2 Å². The number of carbonyl (C=O) groups excluding carboxylic acids is 2. The maximum absolute atomic E-state index is 13.3. The van der Waals surface area contributed by atoms with Crippen molar-refractivity contribution in [3.05, 3.63) is 55.7 Å².